The highest BCUT2D eigenvalue weighted by molar-refractivity contribution is 5.48. The van der Waals surface area contributed by atoms with Crippen LogP contribution in [0, 0.1) is 17.1 Å². The lowest BCUT2D eigenvalue weighted by Gasteiger charge is -2.14. The second kappa shape index (κ2) is 5.29. The molecule has 0 aliphatic heterocycles. The first-order chi connectivity index (χ1) is 7.61. The van der Waals surface area contributed by atoms with E-state index >= 15 is 0 Å². The zero-order valence-corrected chi connectivity index (χ0v) is 8.78. The summed E-state index contributed by atoms with van der Waals surface area (Å²) < 4.78 is 13.1. The number of rotatable bonds is 4. The molecular weight excluding hydrogens is 207 g/mol. The van der Waals surface area contributed by atoms with Crippen molar-refractivity contribution in [2.24, 2.45) is 5.73 Å². The summed E-state index contributed by atoms with van der Waals surface area (Å²) >= 11 is 0. The lowest BCUT2D eigenvalue weighted by atomic mass is 9.96. The van der Waals surface area contributed by atoms with Gasteiger partial charge in [-0.25, -0.2) is 4.39 Å². The molecule has 4 heteroatoms. The summed E-state index contributed by atoms with van der Waals surface area (Å²) in [7, 11) is 0. The Bertz CT molecular complexity index is 437. The fourth-order valence-electron chi connectivity index (χ4n) is 1.50. The van der Waals surface area contributed by atoms with Crippen LogP contribution < -0.4 is 5.73 Å². The lowest BCUT2D eigenvalue weighted by Crippen LogP contribution is -2.12. The number of allylic oxidation sites excluding steroid dienone is 1. The van der Waals surface area contributed by atoms with Crippen LogP contribution in [0.25, 0.3) is 0 Å². The summed E-state index contributed by atoms with van der Waals surface area (Å²) in [5, 5.41) is 18.4. The fourth-order valence-corrected chi connectivity index (χ4v) is 1.50. The van der Waals surface area contributed by atoms with Gasteiger partial charge >= 0.3 is 0 Å². The highest BCUT2D eigenvalue weighted by atomic mass is 19.1. The van der Waals surface area contributed by atoms with Gasteiger partial charge in [0.15, 0.2) is 11.6 Å². The van der Waals surface area contributed by atoms with E-state index in [9.17, 15) is 9.50 Å². The van der Waals surface area contributed by atoms with Gasteiger partial charge in [0.2, 0.25) is 0 Å². The van der Waals surface area contributed by atoms with Crippen LogP contribution in [0.4, 0.5) is 4.39 Å². The second-order valence-corrected chi connectivity index (χ2v) is 3.44. The zero-order valence-electron chi connectivity index (χ0n) is 8.78. The quantitative estimate of drug-likeness (QED) is 0.765. The van der Waals surface area contributed by atoms with Crippen LogP contribution in [0.15, 0.2) is 24.8 Å². The minimum absolute atomic E-state index is 0.171. The van der Waals surface area contributed by atoms with Crippen molar-refractivity contribution in [2.75, 3.05) is 0 Å². The van der Waals surface area contributed by atoms with E-state index in [0.29, 0.717) is 12.8 Å². The van der Waals surface area contributed by atoms with Crippen molar-refractivity contribution >= 4 is 0 Å². The van der Waals surface area contributed by atoms with E-state index in [1.54, 1.807) is 6.08 Å². The maximum Gasteiger partial charge on any atom is 0.165 e. The lowest BCUT2D eigenvalue weighted by molar-refractivity contribution is 0.418. The molecule has 0 bridgehead atoms. The summed E-state index contributed by atoms with van der Waals surface area (Å²) in [5.74, 6) is -1.29. The van der Waals surface area contributed by atoms with Gasteiger partial charge in [-0.05, 0) is 25.0 Å². The Labute approximate surface area is 93.6 Å². The number of benzene rings is 1. The van der Waals surface area contributed by atoms with E-state index in [2.05, 4.69) is 6.58 Å². The van der Waals surface area contributed by atoms with Gasteiger partial charge in [0, 0.05) is 11.6 Å². The van der Waals surface area contributed by atoms with Crippen molar-refractivity contribution < 1.29 is 9.50 Å². The van der Waals surface area contributed by atoms with Crippen LogP contribution in [0.1, 0.15) is 30.0 Å². The first-order valence-corrected chi connectivity index (χ1v) is 4.89. The number of nitriles is 1. The SMILES string of the molecule is C=CCC[C@H](N)c1c(C#N)ccc(F)c1O. The monoisotopic (exact) mass is 220 g/mol. The number of phenols is 1. The van der Waals surface area contributed by atoms with E-state index < -0.39 is 17.6 Å². The van der Waals surface area contributed by atoms with Gasteiger partial charge in [0.25, 0.3) is 0 Å². The maximum atomic E-state index is 13.1. The summed E-state index contributed by atoms with van der Waals surface area (Å²) in [6, 6.07) is 3.69. The van der Waals surface area contributed by atoms with Crippen LogP contribution in [-0.2, 0) is 0 Å². The second-order valence-electron chi connectivity index (χ2n) is 3.44. The predicted molar refractivity (Wildman–Crippen MR) is 59.1 cm³/mol. The molecule has 0 radical (unpaired) electrons. The van der Waals surface area contributed by atoms with Gasteiger partial charge in [-0.15, -0.1) is 6.58 Å². The van der Waals surface area contributed by atoms with Crippen molar-refractivity contribution in [3.8, 4) is 11.8 Å². The Balaban J connectivity index is 3.14. The molecule has 0 spiro atoms. The van der Waals surface area contributed by atoms with E-state index in [0.717, 1.165) is 6.07 Å². The van der Waals surface area contributed by atoms with E-state index in [1.807, 2.05) is 6.07 Å². The van der Waals surface area contributed by atoms with Gasteiger partial charge in [0.05, 0.1) is 11.6 Å². The molecule has 84 valence electrons. The molecule has 0 aliphatic rings. The first-order valence-electron chi connectivity index (χ1n) is 4.89. The molecule has 0 aromatic heterocycles. The van der Waals surface area contributed by atoms with Crippen molar-refractivity contribution in [3.05, 3.63) is 41.7 Å². The number of phenolic OH excluding ortho intramolecular Hbond substituents is 1. The third kappa shape index (κ3) is 2.38. The van der Waals surface area contributed by atoms with Gasteiger partial charge in [-0.2, -0.15) is 5.26 Å². The molecule has 0 amide bonds. The van der Waals surface area contributed by atoms with Crippen LogP contribution >= 0.6 is 0 Å². The zero-order chi connectivity index (χ0) is 12.1. The molecule has 1 aromatic rings. The van der Waals surface area contributed by atoms with Crippen LogP contribution in [0.2, 0.25) is 0 Å². The smallest absolute Gasteiger partial charge is 0.165 e. The van der Waals surface area contributed by atoms with Gasteiger partial charge in [0.1, 0.15) is 0 Å². The van der Waals surface area contributed by atoms with Gasteiger partial charge < -0.3 is 10.8 Å². The summed E-state index contributed by atoms with van der Waals surface area (Å²) in [4.78, 5) is 0. The topological polar surface area (TPSA) is 70.0 Å². The first kappa shape index (κ1) is 12.2. The van der Waals surface area contributed by atoms with Gasteiger partial charge in [-0.3, -0.25) is 0 Å². The molecule has 0 saturated heterocycles. The molecule has 1 rings (SSSR count). The summed E-state index contributed by atoms with van der Waals surface area (Å²) in [5.41, 5.74) is 6.18. The minimum Gasteiger partial charge on any atom is -0.505 e. The van der Waals surface area contributed by atoms with Crippen molar-refractivity contribution in [3.63, 3.8) is 0 Å². The molecule has 1 aromatic carbocycles. The highest BCUT2D eigenvalue weighted by Crippen LogP contribution is 2.31. The Morgan fingerprint density at radius 1 is 1.62 bits per heavy atom. The number of nitrogens with zero attached hydrogens (tertiary/aromatic N) is 1. The van der Waals surface area contributed by atoms with Gasteiger partial charge in [-0.1, -0.05) is 6.08 Å². The Kier molecular flexibility index (Phi) is 4.03. The normalized spacial score (nSPS) is 11.8. The Hall–Kier alpha value is -1.86. The third-order valence-corrected chi connectivity index (χ3v) is 2.34. The summed E-state index contributed by atoms with van der Waals surface area (Å²) in [6.07, 6.45) is 2.83. The molecule has 1 atom stereocenters. The molecule has 0 unspecified atom stereocenters. The van der Waals surface area contributed by atoms with Crippen LogP contribution in [0.3, 0.4) is 0 Å². The molecule has 0 saturated carbocycles. The van der Waals surface area contributed by atoms with Crippen LogP contribution in [-0.4, -0.2) is 5.11 Å². The molecule has 0 aliphatic carbocycles. The maximum absolute atomic E-state index is 13.1. The number of hydrogen-bond acceptors (Lipinski definition) is 3. The van der Waals surface area contributed by atoms with Crippen molar-refractivity contribution in [1.29, 1.82) is 5.26 Å². The predicted octanol–water partition coefficient (Wildman–Crippen LogP) is 2.37. The minimum atomic E-state index is -0.761. The molecular formula is C12H13FN2O. The third-order valence-electron chi connectivity index (χ3n) is 2.34. The van der Waals surface area contributed by atoms with Crippen molar-refractivity contribution in [1.82, 2.24) is 0 Å². The number of nitrogens with two attached hydrogens (primary N) is 1. The van der Waals surface area contributed by atoms with E-state index in [1.165, 1.54) is 6.07 Å². The molecule has 3 nitrogen and oxygen atoms in total. The Morgan fingerprint density at radius 2 is 2.31 bits per heavy atom. The highest BCUT2D eigenvalue weighted by Gasteiger charge is 2.18. The number of halogens is 1. The molecule has 3 N–H and O–H groups in total. The van der Waals surface area contributed by atoms with Crippen LogP contribution in [0.5, 0.6) is 5.75 Å². The van der Waals surface area contributed by atoms with E-state index in [-0.39, 0.29) is 11.1 Å². The largest absolute Gasteiger partial charge is 0.505 e. The van der Waals surface area contributed by atoms with Crippen molar-refractivity contribution in [2.45, 2.75) is 18.9 Å². The molecule has 0 fully saturated rings. The molecule has 0 heterocycles. The Morgan fingerprint density at radius 3 is 2.88 bits per heavy atom. The summed E-state index contributed by atoms with van der Waals surface area (Å²) in [6.45, 7) is 3.55. The van der Waals surface area contributed by atoms with E-state index in [4.69, 9.17) is 11.0 Å². The standard InChI is InChI=1S/C12H13FN2O/c1-2-3-4-10(15)11-8(7-14)5-6-9(13)12(11)16/h2,5-6,10,16H,1,3-4,15H2/t10-/m0/s1. The number of hydrogen-bond donors (Lipinski definition) is 2. The molecule has 16 heavy (non-hydrogen) atoms. The average molecular weight is 220 g/mol. The number of aromatic hydroxyl groups is 1. The average Bonchev–Trinajstić information content (AvgIpc) is 2.29. The fraction of sp³-hybridized carbons (Fsp3) is 0.250.